The molecule has 0 fully saturated rings. The molecule has 0 spiro atoms. The maximum Gasteiger partial charge on any atom is 0.272 e. The van der Waals surface area contributed by atoms with Crippen molar-refractivity contribution in [1.29, 1.82) is 5.26 Å². The molecule has 0 unspecified atom stereocenters. The molecule has 112 valence electrons. The van der Waals surface area contributed by atoms with Crippen molar-refractivity contribution in [3.05, 3.63) is 57.3 Å². The summed E-state index contributed by atoms with van der Waals surface area (Å²) in [6.07, 6.45) is 3.51. The van der Waals surface area contributed by atoms with Crippen molar-refractivity contribution in [2.75, 3.05) is 0 Å². The third-order valence-electron chi connectivity index (χ3n) is 2.94. The van der Waals surface area contributed by atoms with E-state index >= 15 is 0 Å². The van der Waals surface area contributed by atoms with Crippen molar-refractivity contribution < 1.29 is 4.57 Å². The van der Waals surface area contributed by atoms with E-state index in [0.717, 1.165) is 0 Å². The lowest BCUT2D eigenvalue weighted by Crippen LogP contribution is -2.50. The van der Waals surface area contributed by atoms with E-state index in [4.69, 9.17) is 40.1 Å². The highest BCUT2D eigenvalue weighted by molar-refractivity contribution is 6.41. The molecule has 7 heteroatoms. The Morgan fingerprint density at radius 3 is 2.41 bits per heavy atom. The molecule has 22 heavy (non-hydrogen) atoms. The van der Waals surface area contributed by atoms with Crippen molar-refractivity contribution in [3.63, 3.8) is 0 Å². The molecule has 0 aliphatic rings. The fourth-order valence-electron chi connectivity index (χ4n) is 1.74. The Morgan fingerprint density at radius 1 is 1.18 bits per heavy atom. The maximum atomic E-state index is 8.97. The van der Waals surface area contributed by atoms with Gasteiger partial charge in [-0.1, -0.05) is 34.8 Å². The normalized spacial score (nSPS) is 11.6. The van der Waals surface area contributed by atoms with Gasteiger partial charge in [-0.15, -0.1) is 10.2 Å². The fourth-order valence-corrected chi connectivity index (χ4v) is 2.63. The van der Waals surface area contributed by atoms with Gasteiger partial charge >= 0.3 is 0 Å². The second kappa shape index (κ2) is 6.62. The Hall–Kier alpha value is -1.67. The first kappa shape index (κ1) is 16.7. The molecule has 0 amide bonds. The van der Waals surface area contributed by atoms with Crippen molar-refractivity contribution in [2.45, 2.75) is 19.5 Å². The first-order valence-electron chi connectivity index (χ1n) is 6.33. The second-order valence-corrected chi connectivity index (χ2v) is 6.28. The summed E-state index contributed by atoms with van der Waals surface area (Å²) in [6.45, 7) is 3.71. The molecule has 0 radical (unpaired) electrons. The first-order valence-corrected chi connectivity index (χ1v) is 7.46. The lowest BCUT2D eigenvalue weighted by molar-refractivity contribution is -0.757. The largest absolute Gasteiger partial charge is 0.272 e. The monoisotopic (exact) mass is 353 g/mol. The molecular weight excluding hydrogens is 343 g/mol. The highest BCUT2D eigenvalue weighted by Crippen LogP contribution is 2.36. The molecule has 2 aromatic rings. The van der Waals surface area contributed by atoms with E-state index in [9.17, 15) is 0 Å². The summed E-state index contributed by atoms with van der Waals surface area (Å²) in [4.78, 5) is 0. The molecule has 1 aromatic heterocycles. The van der Waals surface area contributed by atoms with Crippen LogP contribution in [0.4, 0.5) is 5.69 Å². The van der Waals surface area contributed by atoms with Crippen LogP contribution in [0.5, 0.6) is 0 Å². The minimum atomic E-state index is -0.709. The number of aromatic nitrogens is 1. The highest BCUT2D eigenvalue weighted by atomic mass is 35.5. The van der Waals surface area contributed by atoms with Crippen LogP contribution in [-0.4, -0.2) is 0 Å². The van der Waals surface area contributed by atoms with Crippen LogP contribution in [0.3, 0.4) is 0 Å². The topological polar surface area (TPSA) is 52.4 Å². The number of nitrogens with zero attached hydrogens (tertiary/aromatic N) is 4. The third kappa shape index (κ3) is 3.75. The minimum absolute atomic E-state index is 0.327. The van der Waals surface area contributed by atoms with Crippen molar-refractivity contribution in [2.24, 2.45) is 10.2 Å². The first-order chi connectivity index (χ1) is 10.3. The van der Waals surface area contributed by atoms with Crippen molar-refractivity contribution in [1.82, 2.24) is 0 Å². The summed E-state index contributed by atoms with van der Waals surface area (Å²) in [5.74, 6) is 0. The second-order valence-electron chi connectivity index (χ2n) is 5.02. The third-order valence-corrected chi connectivity index (χ3v) is 3.73. The summed E-state index contributed by atoms with van der Waals surface area (Å²) in [7, 11) is 0. The van der Waals surface area contributed by atoms with Gasteiger partial charge in [-0.05, 0) is 18.2 Å². The number of azo groups is 1. The SMILES string of the molecule is CC(C)(N=Nc1c(Cl)cc(Cl)cc1Cl)[n+]1cccc(C#N)c1. The predicted molar refractivity (Wildman–Crippen MR) is 86.7 cm³/mol. The van der Waals surface area contributed by atoms with Crippen LogP contribution in [0, 0.1) is 11.3 Å². The zero-order valence-corrected chi connectivity index (χ0v) is 14.2. The van der Waals surface area contributed by atoms with Crippen LogP contribution in [0.2, 0.25) is 15.1 Å². The average molecular weight is 355 g/mol. The Balaban J connectivity index is 2.38. The van der Waals surface area contributed by atoms with E-state index < -0.39 is 5.66 Å². The van der Waals surface area contributed by atoms with E-state index in [1.807, 2.05) is 20.0 Å². The molecule has 0 saturated heterocycles. The fraction of sp³-hybridized carbons (Fsp3) is 0.200. The molecule has 2 rings (SSSR count). The van der Waals surface area contributed by atoms with Gasteiger partial charge in [0.1, 0.15) is 17.3 Å². The number of nitriles is 1. The van der Waals surface area contributed by atoms with E-state index in [1.54, 1.807) is 35.0 Å². The van der Waals surface area contributed by atoms with Crippen LogP contribution < -0.4 is 4.57 Å². The molecule has 1 aromatic carbocycles. The van der Waals surface area contributed by atoms with Gasteiger partial charge in [-0.3, -0.25) is 0 Å². The summed E-state index contributed by atoms with van der Waals surface area (Å²) in [5, 5.41) is 18.5. The molecule has 0 bridgehead atoms. The number of hydrogen-bond donors (Lipinski definition) is 0. The zero-order valence-electron chi connectivity index (χ0n) is 11.9. The number of benzene rings is 1. The Labute approximate surface area is 143 Å². The van der Waals surface area contributed by atoms with E-state index in [-0.39, 0.29) is 0 Å². The van der Waals surface area contributed by atoms with Gasteiger partial charge in [0.15, 0.2) is 12.4 Å². The molecule has 0 aliphatic carbocycles. The van der Waals surface area contributed by atoms with E-state index in [0.29, 0.717) is 26.3 Å². The standard InChI is InChI=1S/C15H12Cl3N4/c1-15(2,22-5-3-4-10(8-19)9-22)21-20-14-12(17)6-11(16)7-13(14)18/h3-7,9H,1-2H3/q+1. The zero-order chi connectivity index (χ0) is 16.3. The molecule has 0 saturated carbocycles. The number of halogens is 3. The van der Waals surface area contributed by atoms with Crippen LogP contribution in [0.1, 0.15) is 19.4 Å². The van der Waals surface area contributed by atoms with Crippen LogP contribution in [0.25, 0.3) is 0 Å². The average Bonchev–Trinajstić information content (AvgIpc) is 2.46. The van der Waals surface area contributed by atoms with Crippen LogP contribution in [-0.2, 0) is 5.66 Å². The summed E-state index contributed by atoms with van der Waals surface area (Å²) in [6, 6.07) is 8.69. The molecular formula is C15H12Cl3N4+. The smallest absolute Gasteiger partial charge is 0.192 e. The van der Waals surface area contributed by atoms with Crippen molar-refractivity contribution in [3.8, 4) is 6.07 Å². The molecule has 0 aliphatic heterocycles. The van der Waals surface area contributed by atoms with Crippen LogP contribution in [0.15, 0.2) is 46.9 Å². The Bertz CT molecular complexity index is 756. The van der Waals surface area contributed by atoms with Gasteiger partial charge in [0.25, 0.3) is 5.66 Å². The molecule has 0 atom stereocenters. The van der Waals surface area contributed by atoms with E-state index in [1.165, 1.54) is 0 Å². The highest BCUT2D eigenvalue weighted by Gasteiger charge is 2.28. The quantitative estimate of drug-likeness (QED) is 0.546. The van der Waals surface area contributed by atoms with Crippen LogP contribution >= 0.6 is 34.8 Å². The predicted octanol–water partition coefficient (Wildman–Crippen LogP) is 5.28. The van der Waals surface area contributed by atoms with Gasteiger partial charge in [-0.2, -0.15) is 9.83 Å². The number of hydrogen-bond acceptors (Lipinski definition) is 3. The van der Waals surface area contributed by atoms with Gasteiger partial charge in [0, 0.05) is 24.9 Å². The van der Waals surface area contributed by atoms with Gasteiger partial charge in [-0.25, -0.2) is 0 Å². The van der Waals surface area contributed by atoms with Gasteiger partial charge < -0.3 is 0 Å². The Morgan fingerprint density at radius 2 is 1.82 bits per heavy atom. The van der Waals surface area contributed by atoms with Gasteiger partial charge in [0.2, 0.25) is 0 Å². The molecule has 0 N–H and O–H groups in total. The molecule has 4 nitrogen and oxygen atoms in total. The summed E-state index contributed by atoms with van der Waals surface area (Å²) in [5.41, 5.74) is 0.185. The lowest BCUT2D eigenvalue weighted by Gasteiger charge is -2.13. The minimum Gasteiger partial charge on any atom is -0.192 e. The number of pyridine rings is 1. The van der Waals surface area contributed by atoms with Gasteiger partial charge in [0.05, 0.1) is 10.0 Å². The summed E-state index contributed by atoms with van der Waals surface area (Å²) >= 11 is 18.0. The van der Waals surface area contributed by atoms with Crippen molar-refractivity contribution >= 4 is 40.5 Å². The molecule has 1 heterocycles. The number of rotatable bonds is 3. The Kier molecular flexibility index (Phi) is 5.02. The summed E-state index contributed by atoms with van der Waals surface area (Å²) < 4.78 is 1.78. The maximum absolute atomic E-state index is 8.97. The van der Waals surface area contributed by atoms with E-state index in [2.05, 4.69) is 16.3 Å². The lowest BCUT2D eigenvalue weighted by atomic mass is 10.2.